The van der Waals surface area contributed by atoms with Gasteiger partial charge in [-0.25, -0.2) is 9.18 Å². The number of benzene rings is 2. The van der Waals surface area contributed by atoms with Crippen LogP contribution in [0, 0.1) is 5.92 Å². The molecule has 0 aromatic heterocycles. The lowest BCUT2D eigenvalue weighted by Gasteiger charge is -2.41. The summed E-state index contributed by atoms with van der Waals surface area (Å²) in [7, 11) is 2.46. The second kappa shape index (κ2) is 16.2. The van der Waals surface area contributed by atoms with Gasteiger partial charge in [0, 0.05) is 31.1 Å². The van der Waals surface area contributed by atoms with Gasteiger partial charge in [0.05, 0.1) is 30.9 Å². The number of hydrogen-bond donors (Lipinski definition) is 1. The lowest BCUT2D eigenvalue weighted by atomic mass is 9.96. The summed E-state index contributed by atoms with van der Waals surface area (Å²) < 4.78 is 32.3. The number of carbonyl (C=O) groups excluding carboxylic acids is 1. The first-order valence-corrected chi connectivity index (χ1v) is 16.1. The smallest absolute Gasteiger partial charge is 0.336 e. The number of carboxylic acids is 1. The van der Waals surface area contributed by atoms with Crippen molar-refractivity contribution in [1.82, 2.24) is 4.90 Å². The van der Waals surface area contributed by atoms with Gasteiger partial charge in [-0.2, -0.15) is 0 Å². The van der Waals surface area contributed by atoms with E-state index in [4.69, 9.17) is 14.2 Å². The monoisotopic (exact) mass is 642 g/mol. The minimum atomic E-state index is -1.15. The molecule has 1 fully saturated rings. The van der Waals surface area contributed by atoms with Gasteiger partial charge in [-0.15, -0.1) is 15.8 Å². The van der Waals surface area contributed by atoms with Crippen LogP contribution in [0.4, 0.5) is 10.1 Å². The van der Waals surface area contributed by atoms with Crippen molar-refractivity contribution in [2.75, 3.05) is 44.3 Å². The molecule has 0 bridgehead atoms. The molecular formula is C35H48FN2O6P. The molecule has 4 unspecified atom stereocenters. The molecule has 0 amide bonds. The summed E-state index contributed by atoms with van der Waals surface area (Å²) in [4.78, 5) is 28.4. The number of carboxylic acid groups (broad SMARTS) is 1. The standard InChI is InChI=1S/C35H48FN2O6P/c1-8-28(36)23(5)16-24(6)33-29(42-10-3)17-25(18-30(33)43-11-4)20-37(9-2)15-14-35(7)22-38(21-32(39)44-35)26-12-13-27(34(40)41)31(45)19-26/h8,12-13,16-19,23,28H,1,9-11,14-15,20-22,45H2,2-7H3,(H,40,41)/b24-16+. The summed E-state index contributed by atoms with van der Waals surface area (Å²) in [6.45, 7) is 18.8. The molecule has 0 aliphatic carbocycles. The largest absolute Gasteiger partial charge is 0.493 e. The normalized spacial score (nSPS) is 18.4. The van der Waals surface area contributed by atoms with Crippen molar-refractivity contribution in [2.45, 2.75) is 66.3 Å². The predicted molar refractivity (Wildman–Crippen MR) is 182 cm³/mol. The number of anilines is 1. The Morgan fingerprint density at radius 2 is 1.87 bits per heavy atom. The number of carbonyl (C=O) groups is 2. The zero-order valence-corrected chi connectivity index (χ0v) is 28.6. The lowest BCUT2D eigenvalue weighted by molar-refractivity contribution is -0.160. The van der Waals surface area contributed by atoms with E-state index in [9.17, 15) is 19.1 Å². The summed E-state index contributed by atoms with van der Waals surface area (Å²) >= 11 is 0. The van der Waals surface area contributed by atoms with Crippen LogP contribution in [-0.2, 0) is 16.1 Å². The lowest BCUT2D eigenvalue weighted by Crippen LogP contribution is -2.53. The number of aromatic carboxylic acids is 1. The molecule has 4 atom stereocenters. The molecular weight excluding hydrogens is 594 g/mol. The molecule has 2 aromatic rings. The van der Waals surface area contributed by atoms with Crippen LogP contribution < -0.4 is 19.7 Å². The van der Waals surface area contributed by atoms with E-state index < -0.39 is 17.7 Å². The number of ether oxygens (including phenoxy) is 3. The second-order valence-corrected chi connectivity index (χ2v) is 12.3. The van der Waals surface area contributed by atoms with Crippen molar-refractivity contribution >= 4 is 37.7 Å². The number of esters is 1. The van der Waals surface area contributed by atoms with Crippen LogP contribution in [0.2, 0.25) is 0 Å². The van der Waals surface area contributed by atoms with Crippen molar-refractivity contribution in [3.05, 3.63) is 65.8 Å². The summed E-state index contributed by atoms with van der Waals surface area (Å²) in [6, 6.07) is 9.12. The molecule has 45 heavy (non-hydrogen) atoms. The van der Waals surface area contributed by atoms with E-state index in [-0.39, 0.29) is 24.0 Å². The minimum Gasteiger partial charge on any atom is -0.493 e. The van der Waals surface area contributed by atoms with E-state index >= 15 is 0 Å². The van der Waals surface area contributed by atoms with Gasteiger partial charge in [-0.3, -0.25) is 9.69 Å². The number of nitrogens with zero attached hydrogens (tertiary/aromatic N) is 2. The Kier molecular flexibility index (Phi) is 13.0. The van der Waals surface area contributed by atoms with Gasteiger partial charge in [-0.05, 0) is 81.0 Å². The zero-order chi connectivity index (χ0) is 33.3. The van der Waals surface area contributed by atoms with Crippen molar-refractivity contribution < 1.29 is 33.3 Å². The minimum absolute atomic E-state index is 0.0998. The van der Waals surface area contributed by atoms with Gasteiger partial charge in [0.2, 0.25) is 0 Å². The number of morpholine rings is 1. The molecule has 1 aliphatic rings. The van der Waals surface area contributed by atoms with Gasteiger partial charge in [-0.1, -0.05) is 26.0 Å². The molecule has 0 saturated carbocycles. The molecule has 1 saturated heterocycles. The first-order chi connectivity index (χ1) is 21.3. The second-order valence-electron chi connectivity index (χ2n) is 11.7. The average molecular weight is 643 g/mol. The summed E-state index contributed by atoms with van der Waals surface area (Å²) in [6.07, 6.45) is 2.66. The number of rotatable bonds is 16. The predicted octanol–water partition coefficient (Wildman–Crippen LogP) is 6.28. The first kappa shape index (κ1) is 36.1. The highest BCUT2D eigenvalue weighted by Gasteiger charge is 2.37. The number of cyclic esters (lactones) is 1. The molecule has 3 rings (SSSR count). The van der Waals surface area contributed by atoms with Crippen LogP contribution >= 0.6 is 9.24 Å². The van der Waals surface area contributed by atoms with Crippen molar-refractivity contribution in [2.24, 2.45) is 5.92 Å². The molecule has 0 radical (unpaired) electrons. The highest BCUT2D eigenvalue weighted by atomic mass is 31.0. The van der Waals surface area contributed by atoms with Crippen LogP contribution in [0.25, 0.3) is 5.57 Å². The quantitative estimate of drug-likeness (QED) is 0.130. The Morgan fingerprint density at radius 3 is 2.40 bits per heavy atom. The van der Waals surface area contributed by atoms with E-state index in [1.807, 2.05) is 57.7 Å². The zero-order valence-electron chi connectivity index (χ0n) is 27.4. The Hall–Kier alpha value is -3.42. The Bertz CT molecular complexity index is 1370. The van der Waals surface area contributed by atoms with E-state index in [0.717, 1.165) is 28.9 Å². The fourth-order valence-electron chi connectivity index (χ4n) is 5.66. The number of alkyl halides is 1. The van der Waals surface area contributed by atoms with Gasteiger partial charge in [0.1, 0.15) is 29.8 Å². The van der Waals surface area contributed by atoms with E-state index in [0.29, 0.717) is 56.1 Å². The van der Waals surface area contributed by atoms with Crippen molar-refractivity contribution in [3.8, 4) is 11.5 Å². The average Bonchev–Trinajstić information content (AvgIpc) is 2.98. The highest BCUT2D eigenvalue weighted by molar-refractivity contribution is 7.27. The van der Waals surface area contributed by atoms with Crippen molar-refractivity contribution in [1.29, 1.82) is 0 Å². The van der Waals surface area contributed by atoms with Crippen LogP contribution in [0.3, 0.4) is 0 Å². The molecule has 1 N–H and O–H groups in total. The molecule has 10 heteroatoms. The first-order valence-electron chi connectivity index (χ1n) is 15.5. The Balaban J connectivity index is 1.81. The maximum atomic E-state index is 14.3. The third-order valence-corrected chi connectivity index (χ3v) is 8.48. The maximum absolute atomic E-state index is 14.3. The molecule has 0 spiro atoms. The topological polar surface area (TPSA) is 88.5 Å². The van der Waals surface area contributed by atoms with Gasteiger partial charge >= 0.3 is 11.9 Å². The molecule has 1 heterocycles. The number of allylic oxidation sites excluding steroid dienone is 3. The van der Waals surface area contributed by atoms with Crippen LogP contribution in [0.1, 0.15) is 69.4 Å². The third-order valence-electron chi connectivity index (χ3n) is 8.01. The fourth-order valence-corrected chi connectivity index (χ4v) is 6.05. The molecule has 246 valence electrons. The van der Waals surface area contributed by atoms with E-state index in [2.05, 4.69) is 27.6 Å². The molecule has 8 nitrogen and oxygen atoms in total. The SMILES string of the molecule is C=CC(F)C(C)/C=C(\C)c1c(OCC)cc(CN(CC)CCC2(C)CN(c3ccc(C(=O)O)c(P)c3)CC(=O)O2)cc1OCC. The highest BCUT2D eigenvalue weighted by Crippen LogP contribution is 2.38. The Morgan fingerprint density at radius 1 is 1.22 bits per heavy atom. The van der Waals surface area contributed by atoms with Crippen molar-refractivity contribution in [3.63, 3.8) is 0 Å². The Labute approximate surface area is 269 Å². The third kappa shape index (κ3) is 9.54. The van der Waals surface area contributed by atoms with Gasteiger partial charge in [0.25, 0.3) is 0 Å². The van der Waals surface area contributed by atoms with Crippen LogP contribution in [-0.4, -0.2) is 73.1 Å². The molecule has 1 aliphatic heterocycles. The van der Waals surface area contributed by atoms with Gasteiger partial charge in [0.15, 0.2) is 0 Å². The summed E-state index contributed by atoms with van der Waals surface area (Å²) in [5.41, 5.74) is 2.96. The van der Waals surface area contributed by atoms with Crippen LogP contribution in [0.5, 0.6) is 11.5 Å². The van der Waals surface area contributed by atoms with Crippen LogP contribution in [0.15, 0.2) is 49.1 Å². The van der Waals surface area contributed by atoms with Gasteiger partial charge < -0.3 is 24.2 Å². The van der Waals surface area contributed by atoms with E-state index in [1.165, 1.54) is 6.08 Å². The summed E-state index contributed by atoms with van der Waals surface area (Å²) in [5, 5.41) is 9.95. The van der Waals surface area contributed by atoms with E-state index in [1.54, 1.807) is 18.2 Å². The molecule has 2 aromatic carbocycles. The summed E-state index contributed by atoms with van der Waals surface area (Å²) in [5.74, 6) is -0.279. The number of halogens is 1. The fraction of sp³-hybridized carbons (Fsp3) is 0.486. The number of hydrogen-bond acceptors (Lipinski definition) is 7. The maximum Gasteiger partial charge on any atom is 0.336 e.